The van der Waals surface area contributed by atoms with Gasteiger partial charge in [-0.1, -0.05) is 29.8 Å². The van der Waals surface area contributed by atoms with Gasteiger partial charge in [-0.05, 0) is 54.6 Å². The minimum atomic E-state index is -4.68. The van der Waals surface area contributed by atoms with Crippen LogP contribution in [0.3, 0.4) is 0 Å². The number of hydrogen-bond donors (Lipinski definition) is 3. The number of amides is 2. The highest BCUT2D eigenvalue weighted by Crippen LogP contribution is 2.36. The number of benzene rings is 3. The van der Waals surface area contributed by atoms with Gasteiger partial charge in [-0.25, -0.2) is 14.8 Å². The summed E-state index contributed by atoms with van der Waals surface area (Å²) in [4.78, 5) is 20.7. The largest absolute Gasteiger partial charge is 0.417 e. The first kappa shape index (κ1) is 26.7. The smallest absolute Gasteiger partial charge is 0.324 e. The lowest BCUT2D eigenvalue weighted by molar-refractivity contribution is -0.138. The molecule has 0 aliphatic rings. The van der Waals surface area contributed by atoms with Crippen molar-refractivity contribution in [3.63, 3.8) is 0 Å². The molecule has 0 fully saturated rings. The van der Waals surface area contributed by atoms with Gasteiger partial charge in [0.1, 0.15) is 0 Å². The molecular weight excluding hydrogens is 536 g/mol. The van der Waals surface area contributed by atoms with Crippen LogP contribution in [0.1, 0.15) is 11.1 Å². The van der Waals surface area contributed by atoms with Crippen molar-refractivity contribution < 1.29 is 31.1 Å². The Kier molecular flexibility index (Phi) is 7.44. The Labute approximate surface area is 216 Å². The van der Waals surface area contributed by atoms with Crippen molar-refractivity contribution in [3.8, 4) is 11.3 Å². The number of carbonyl (C=O) groups is 1. The highest BCUT2D eigenvalue weighted by atomic mass is 35.5. The minimum Gasteiger partial charge on any atom is -0.324 e. The van der Waals surface area contributed by atoms with Crippen molar-refractivity contribution in [1.82, 2.24) is 9.97 Å². The van der Waals surface area contributed by atoms with E-state index in [1.807, 2.05) is 0 Å². The number of halogens is 7. The molecule has 4 aromatic rings. The zero-order valence-corrected chi connectivity index (χ0v) is 19.7. The lowest BCUT2D eigenvalue weighted by Gasteiger charge is -2.13. The number of hydrogen-bond acceptors (Lipinski definition) is 4. The number of rotatable bonds is 5. The van der Waals surface area contributed by atoms with Gasteiger partial charge in [0.2, 0.25) is 5.95 Å². The van der Waals surface area contributed by atoms with E-state index in [9.17, 15) is 31.1 Å². The fraction of sp³-hybridized carbons (Fsp3) is 0.0800. The van der Waals surface area contributed by atoms with E-state index in [0.717, 1.165) is 24.3 Å². The molecule has 0 aliphatic carbocycles. The Hall–Kier alpha value is -4.32. The Bertz CT molecular complexity index is 1460. The van der Waals surface area contributed by atoms with Gasteiger partial charge in [-0.3, -0.25) is 0 Å². The average Bonchev–Trinajstić information content (AvgIpc) is 2.84. The molecule has 0 spiro atoms. The van der Waals surface area contributed by atoms with Crippen LogP contribution in [0.5, 0.6) is 0 Å². The standard InChI is InChI=1S/C25H16ClF6N5O/c26-20-9-8-18(13-19(20)25(30,31)32)36-23(38)35-17-3-1-2-16(12-17)34-22-33-11-10-21(37-22)14-4-6-15(7-5-14)24(27,28)29/h1-13H,(H,33,34,37)(H2,35,36,38). The lowest BCUT2D eigenvalue weighted by Crippen LogP contribution is -2.20. The molecule has 6 nitrogen and oxygen atoms in total. The molecule has 196 valence electrons. The van der Waals surface area contributed by atoms with Gasteiger partial charge >= 0.3 is 18.4 Å². The summed E-state index contributed by atoms with van der Waals surface area (Å²) in [6.45, 7) is 0. The molecule has 2 amide bonds. The fourth-order valence-corrected chi connectivity index (χ4v) is 3.55. The van der Waals surface area contributed by atoms with Crippen LogP contribution < -0.4 is 16.0 Å². The van der Waals surface area contributed by atoms with E-state index in [-0.39, 0.29) is 11.6 Å². The topological polar surface area (TPSA) is 78.9 Å². The van der Waals surface area contributed by atoms with Crippen molar-refractivity contribution >= 4 is 40.6 Å². The summed E-state index contributed by atoms with van der Waals surface area (Å²) in [5.41, 5.74) is -0.380. The van der Waals surface area contributed by atoms with Gasteiger partial charge < -0.3 is 16.0 Å². The first-order valence-corrected chi connectivity index (χ1v) is 11.1. The molecule has 3 N–H and O–H groups in total. The van der Waals surface area contributed by atoms with Gasteiger partial charge in [0.15, 0.2) is 0 Å². The molecule has 38 heavy (non-hydrogen) atoms. The number of aromatic nitrogens is 2. The highest BCUT2D eigenvalue weighted by Gasteiger charge is 2.33. The summed E-state index contributed by atoms with van der Waals surface area (Å²) in [5.74, 6) is 0.143. The Morgan fingerprint density at radius 1 is 0.763 bits per heavy atom. The molecule has 0 bridgehead atoms. The van der Waals surface area contributed by atoms with Crippen molar-refractivity contribution in [3.05, 3.63) is 95.1 Å². The van der Waals surface area contributed by atoms with Crippen LogP contribution in [0, 0.1) is 0 Å². The minimum absolute atomic E-state index is 0.109. The first-order chi connectivity index (χ1) is 17.9. The van der Waals surface area contributed by atoms with Crippen molar-refractivity contribution in [2.24, 2.45) is 0 Å². The number of nitrogens with zero attached hydrogens (tertiary/aromatic N) is 2. The maximum absolute atomic E-state index is 13.0. The second-order valence-electron chi connectivity index (χ2n) is 7.82. The third-order valence-electron chi connectivity index (χ3n) is 5.07. The molecule has 13 heteroatoms. The Morgan fingerprint density at radius 3 is 2.08 bits per heavy atom. The molecule has 3 aromatic carbocycles. The predicted octanol–water partition coefficient (Wildman–Crippen LogP) is 8.22. The van der Waals surface area contributed by atoms with E-state index in [1.165, 1.54) is 36.5 Å². The number of carbonyl (C=O) groups excluding carboxylic acids is 1. The molecule has 0 atom stereocenters. The van der Waals surface area contributed by atoms with Crippen LogP contribution >= 0.6 is 11.6 Å². The van der Waals surface area contributed by atoms with Crippen LogP contribution in [0.2, 0.25) is 5.02 Å². The Morgan fingerprint density at radius 2 is 1.42 bits per heavy atom. The zero-order chi connectivity index (χ0) is 27.5. The predicted molar refractivity (Wildman–Crippen MR) is 131 cm³/mol. The van der Waals surface area contributed by atoms with Crippen LogP contribution in [-0.4, -0.2) is 16.0 Å². The van der Waals surface area contributed by atoms with Gasteiger partial charge in [-0.15, -0.1) is 0 Å². The SMILES string of the molecule is O=C(Nc1cccc(Nc2nccc(-c3ccc(C(F)(F)F)cc3)n2)c1)Nc1ccc(Cl)c(C(F)(F)F)c1. The van der Waals surface area contributed by atoms with Gasteiger partial charge in [0, 0.05) is 28.8 Å². The maximum Gasteiger partial charge on any atom is 0.417 e. The first-order valence-electron chi connectivity index (χ1n) is 10.7. The number of anilines is 4. The number of nitrogens with one attached hydrogen (secondary N) is 3. The molecule has 0 saturated carbocycles. The summed E-state index contributed by atoms with van der Waals surface area (Å²) < 4.78 is 77.6. The van der Waals surface area contributed by atoms with E-state index in [1.54, 1.807) is 18.2 Å². The van der Waals surface area contributed by atoms with E-state index in [2.05, 4.69) is 25.9 Å². The van der Waals surface area contributed by atoms with Crippen LogP contribution in [-0.2, 0) is 12.4 Å². The van der Waals surface area contributed by atoms with E-state index in [0.29, 0.717) is 22.6 Å². The van der Waals surface area contributed by atoms with E-state index < -0.39 is 34.5 Å². The summed E-state index contributed by atoms with van der Waals surface area (Å²) in [7, 11) is 0. The maximum atomic E-state index is 13.0. The summed E-state index contributed by atoms with van der Waals surface area (Å²) in [6.07, 6.45) is -7.70. The monoisotopic (exact) mass is 551 g/mol. The van der Waals surface area contributed by atoms with E-state index >= 15 is 0 Å². The number of urea groups is 1. The summed E-state index contributed by atoms with van der Waals surface area (Å²) >= 11 is 5.59. The van der Waals surface area contributed by atoms with Gasteiger partial charge in [-0.2, -0.15) is 26.3 Å². The molecule has 0 saturated heterocycles. The molecular formula is C25H16ClF6N5O. The third kappa shape index (κ3) is 6.71. The van der Waals surface area contributed by atoms with Crippen LogP contribution in [0.25, 0.3) is 11.3 Å². The van der Waals surface area contributed by atoms with Crippen molar-refractivity contribution in [2.45, 2.75) is 12.4 Å². The van der Waals surface area contributed by atoms with Crippen molar-refractivity contribution in [1.29, 1.82) is 0 Å². The highest BCUT2D eigenvalue weighted by molar-refractivity contribution is 6.31. The van der Waals surface area contributed by atoms with Crippen molar-refractivity contribution in [2.75, 3.05) is 16.0 Å². The molecule has 0 radical (unpaired) electrons. The average molecular weight is 552 g/mol. The summed E-state index contributed by atoms with van der Waals surface area (Å²) in [6, 6.07) is 14.6. The number of alkyl halides is 6. The lowest BCUT2D eigenvalue weighted by atomic mass is 10.1. The fourth-order valence-electron chi connectivity index (χ4n) is 3.33. The van der Waals surface area contributed by atoms with Crippen LogP contribution in [0.15, 0.2) is 79.0 Å². The third-order valence-corrected chi connectivity index (χ3v) is 5.40. The molecule has 4 rings (SSSR count). The molecule has 1 heterocycles. The van der Waals surface area contributed by atoms with Gasteiger partial charge in [0.05, 0.1) is 21.8 Å². The molecule has 0 aliphatic heterocycles. The summed E-state index contributed by atoms with van der Waals surface area (Å²) in [5, 5.41) is 7.26. The van der Waals surface area contributed by atoms with E-state index in [4.69, 9.17) is 11.6 Å². The second kappa shape index (κ2) is 10.6. The van der Waals surface area contributed by atoms with Crippen LogP contribution in [0.4, 0.5) is 54.1 Å². The second-order valence-corrected chi connectivity index (χ2v) is 8.23. The molecule has 1 aromatic heterocycles. The Balaban J connectivity index is 1.44. The normalized spacial score (nSPS) is 11.7. The van der Waals surface area contributed by atoms with Gasteiger partial charge in [0.25, 0.3) is 0 Å². The zero-order valence-electron chi connectivity index (χ0n) is 19.0. The molecule has 0 unspecified atom stereocenters. The quantitative estimate of drug-likeness (QED) is 0.218.